The van der Waals surface area contributed by atoms with Gasteiger partial charge in [-0.05, 0) is 90.9 Å². The van der Waals surface area contributed by atoms with Crippen LogP contribution in [0.1, 0.15) is 245 Å². The summed E-state index contributed by atoms with van der Waals surface area (Å²) in [5, 5.41) is 0. The van der Waals surface area contributed by atoms with Crippen LogP contribution in [-0.4, -0.2) is 62.2 Å². The van der Waals surface area contributed by atoms with Crippen LogP contribution in [0.2, 0.25) is 0 Å². The smallest absolute Gasteiger partial charge is 0.000654 e. The minimum Gasteiger partial charge on any atom is -0.330 e. The van der Waals surface area contributed by atoms with Gasteiger partial charge in [0.1, 0.15) is 0 Å². The molecule has 50 heavy (non-hydrogen) atoms. The summed E-state index contributed by atoms with van der Waals surface area (Å²) >= 11 is 0. The van der Waals surface area contributed by atoms with E-state index in [9.17, 15) is 0 Å². The fraction of sp³-hybridized carbons (Fsp3) is 1.00. The Hall–Kier alpha value is -0.160. The van der Waals surface area contributed by atoms with Gasteiger partial charge in [0, 0.05) is 0 Å². The van der Waals surface area contributed by atoms with E-state index >= 15 is 0 Å². The Kier molecular flexibility index (Phi) is 44.9. The molecule has 0 aliphatic carbocycles. The molecular weight excluding hydrogens is 609 g/mol. The van der Waals surface area contributed by atoms with E-state index in [1.807, 2.05) is 0 Å². The van der Waals surface area contributed by atoms with Crippen LogP contribution in [0.5, 0.6) is 0 Å². The van der Waals surface area contributed by atoms with Crippen molar-refractivity contribution in [2.75, 3.05) is 52.4 Å². The van der Waals surface area contributed by atoms with Crippen molar-refractivity contribution in [2.24, 2.45) is 11.5 Å². The minimum atomic E-state index is 0.804. The molecule has 0 saturated heterocycles. The Labute approximate surface area is 317 Å². The quantitative estimate of drug-likeness (QED) is 0.0619. The van der Waals surface area contributed by atoms with E-state index < -0.39 is 0 Å². The highest BCUT2D eigenvalue weighted by Crippen LogP contribution is 2.16. The fourth-order valence-corrected chi connectivity index (χ4v) is 7.75. The van der Waals surface area contributed by atoms with Gasteiger partial charge in [0.25, 0.3) is 0 Å². The maximum Gasteiger partial charge on any atom is -0.000654 e. The van der Waals surface area contributed by atoms with Gasteiger partial charge in [-0.3, -0.25) is 0 Å². The molecule has 4 nitrogen and oxygen atoms in total. The molecule has 0 heterocycles. The molecule has 0 amide bonds. The maximum atomic E-state index is 5.86. The summed E-state index contributed by atoms with van der Waals surface area (Å²) in [6.45, 7) is 13.7. The summed E-state index contributed by atoms with van der Waals surface area (Å²) in [5.41, 5.74) is 11.6. The Morgan fingerprint density at radius 3 is 0.680 bits per heavy atom. The summed E-state index contributed by atoms with van der Waals surface area (Å²) < 4.78 is 0. The molecule has 0 aliphatic heterocycles. The Morgan fingerprint density at radius 1 is 0.220 bits per heavy atom. The third kappa shape index (κ3) is 40.6. The monoisotopic (exact) mass is 707 g/mol. The fourth-order valence-electron chi connectivity index (χ4n) is 7.75. The summed E-state index contributed by atoms with van der Waals surface area (Å²) in [4.78, 5) is 5.48. The van der Waals surface area contributed by atoms with E-state index in [-0.39, 0.29) is 0 Å². The van der Waals surface area contributed by atoms with Gasteiger partial charge in [0.05, 0.1) is 0 Å². The summed E-state index contributed by atoms with van der Waals surface area (Å²) in [5.74, 6) is 0. The van der Waals surface area contributed by atoms with Crippen LogP contribution >= 0.6 is 0 Å². The molecule has 4 N–H and O–H groups in total. The van der Waals surface area contributed by atoms with Crippen LogP contribution in [0, 0.1) is 0 Å². The van der Waals surface area contributed by atoms with Gasteiger partial charge in [-0.25, -0.2) is 0 Å². The summed E-state index contributed by atoms with van der Waals surface area (Å²) in [6.07, 6.45) is 51.2. The van der Waals surface area contributed by atoms with Crippen molar-refractivity contribution in [2.45, 2.75) is 245 Å². The molecule has 0 atom stereocenters. The maximum absolute atomic E-state index is 5.86. The average Bonchev–Trinajstić information content (AvgIpc) is 3.13. The standard InChI is InChI=1S/C46H98N4/c1-3-5-7-9-11-13-15-17-19-21-23-25-27-29-31-34-41-49(45-38-46-50(44-37-40-48)43-36-33-39-47)42-35-32-30-28-26-24-22-20-18-16-14-12-10-8-6-4-2/h3-48H2,1-2H3. The first-order valence-electron chi connectivity index (χ1n) is 23.6. The molecule has 0 aromatic rings. The number of hydrogen-bond donors (Lipinski definition) is 2. The molecule has 0 spiro atoms. The molecule has 0 fully saturated rings. The Bertz CT molecular complexity index is 548. The molecule has 0 unspecified atom stereocenters. The van der Waals surface area contributed by atoms with Crippen LogP contribution in [-0.2, 0) is 0 Å². The normalized spacial score (nSPS) is 11.9. The van der Waals surface area contributed by atoms with Crippen molar-refractivity contribution >= 4 is 0 Å². The molecule has 0 rings (SSSR count). The van der Waals surface area contributed by atoms with Gasteiger partial charge in [0.15, 0.2) is 0 Å². The highest BCUT2D eigenvalue weighted by molar-refractivity contribution is 4.65. The van der Waals surface area contributed by atoms with Crippen molar-refractivity contribution in [1.29, 1.82) is 0 Å². The lowest BCUT2D eigenvalue weighted by molar-refractivity contribution is 0.217. The van der Waals surface area contributed by atoms with Gasteiger partial charge < -0.3 is 21.3 Å². The lowest BCUT2D eigenvalue weighted by Gasteiger charge is -2.26. The largest absolute Gasteiger partial charge is 0.330 e. The summed E-state index contributed by atoms with van der Waals surface area (Å²) in [7, 11) is 0. The molecular formula is C46H98N4. The highest BCUT2D eigenvalue weighted by Gasteiger charge is 2.09. The van der Waals surface area contributed by atoms with Gasteiger partial charge in [-0.15, -0.1) is 0 Å². The van der Waals surface area contributed by atoms with E-state index in [2.05, 4.69) is 23.6 Å². The zero-order valence-corrected chi connectivity index (χ0v) is 35.2. The molecule has 302 valence electrons. The van der Waals surface area contributed by atoms with E-state index in [4.69, 9.17) is 11.5 Å². The zero-order valence-electron chi connectivity index (χ0n) is 35.2. The van der Waals surface area contributed by atoms with Crippen LogP contribution in [0.3, 0.4) is 0 Å². The van der Waals surface area contributed by atoms with Crippen molar-refractivity contribution < 1.29 is 0 Å². The third-order valence-corrected chi connectivity index (χ3v) is 11.2. The third-order valence-electron chi connectivity index (χ3n) is 11.2. The van der Waals surface area contributed by atoms with Gasteiger partial charge in [-0.1, -0.05) is 206 Å². The van der Waals surface area contributed by atoms with E-state index in [1.165, 1.54) is 251 Å². The lowest BCUT2D eigenvalue weighted by Crippen LogP contribution is -2.33. The first kappa shape index (κ1) is 49.8. The van der Waals surface area contributed by atoms with Crippen molar-refractivity contribution in [3.05, 3.63) is 0 Å². The number of hydrogen-bond acceptors (Lipinski definition) is 4. The van der Waals surface area contributed by atoms with E-state index in [1.54, 1.807) is 0 Å². The van der Waals surface area contributed by atoms with E-state index in [0.717, 1.165) is 32.5 Å². The number of nitrogens with zero attached hydrogens (tertiary/aromatic N) is 2. The van der Waals surface area contributed by atoms with Crippen LogP contribution < -0.4 is 11.5 Å². The van der Waals surface area contributed by atoms with Crippen molar-refractivity contribution in [1.82, 2.24) is 9.80 Å². The SMILES string of the molecule is CCCCCCCCCCCCCCCCCCN(CCCCCCCCCCCCCCCCCC)CCCN(CCCN)CCCCN. The molecule has 0 saturated carbocycles. The van der Waals surface area contributed by atoms with Gasteiger partial charge >= 0.3 is 0 Å². The Balaban J connectivity index is 4.09. The first-order chi connectivity index (χ1) is 24.8. The van der Waals surface area contributed by atoms with Crippen molar-refractivity contribution in [3.63, 3.8) is 0 Å². The number of unbranched alkanes of at least 4 members (excludes halogenated alkanes) is 31. The molecule has 0 aromatic carbocycles. The number of nitrogens with two attached hydrogens (primary N) is 2. The predicted molar refractivity (Wildman–Crippen MR) is 229 cm³/mol. The van der Waals surface area contributed by atoms with Gasteiger partial charge in [-0.2, -0.15) is 0 Å². The van der Waals surface area contributed by atoms with Crippen molar-refractivity contribution in [3.8, 4) is 0 Å². The second-order valence-electron chi connectivity index (χ2n) is 16.3. The van der Waals surface area contributed by atoms with Crippen LogP contribution in [0.15, 0.2) is 0 Å². The average molecular weight is 707 g/mol. The highest BCUT2D eigenvalue weighted by atomic mass is 15.1. The first-order valence-corrected chi connectivity index (χ1v) is 23.6. The second-order valence-corrected chi connectivity index (χ2v) is 16.3. The molecule has 0 aromatic heterocycles. The van der Waals surface area contributed by atoms with E-state index in [0.29, 0.717) is 0 Å². The van der Waals surface area contributed by atoms with Gasteiger partial charge in [0.2, 0.25) is 0 Å². The second kappa shape index (κ2) is 45.0. The minimum absolute atomic E-state index is 0.804. The predicted octanol–water partition coefficient (Wildman–Crippen LogP) is 13.6. The molecule has 0 bridgehead atoms. The van der Waals surface area contributed by atoms with Crippen LogP contribution in [0.4, 0.5) is 0 Å². The summed E-state index contributed by atoms with van der Waals surface area (Å²) in [6, 6.07) is 0. The van der Waals surface area contributed by atoms with Crippen LogP contribution in [0.25, 0.3) is 0 Å². The Morgan fingerprint density at radius 2 is 0.420 bits per heavy atom. The molecule has 0 radical (unpaired) electrons. The lowest BCUT2D eigenvalue weighted by atomic mass is 10.0. The topological polar surface area (TPSA) is 58.5 Å². The molecule has 4 heteroatoms. The zero-order chi connectivity index (χ0) is 36.3. The molecule has 0 aliphatic rings. The number of rotatable bonds is 45.